The molecule has 2 N–H and O–H groups in total. The largest absolute Gasteiger partial charge is 0.347 e. The summed E-state index contributed by atoms with van der Waals surface area (Å²) in [6, 6.07) is 7.02. The molecule has 0 spiro atoms. The molecule has 3 rings (SSSR count). The summed E-state index contributed by atoms with van der Waals surface area (Å²) in [5.41, 5.74) is 1.09. The fourth-order valence-corrected chi connectivity index (χ4v) is 4.16. The van der Waals surface area contributed by atoms with Crippen LogP contribution in [0, 0.1) is 0 Å². The van der Waals surface area contributed by atoms with E-state index in [1.165, 1.54) is 0 Å². The van der Waals surface area contributed by atoms with Gasteiger partial charge in [-0.1, -0.05) is 18.2 Å². The predicted octanol–water partition coefficient (Wildman–Crippen LogP) is 0.870. The van der Waals surface area contributed by atoms with Crippen LogP contribution in [0.4, 0.5) is 0 Å². The second-order valence-electron chi connectivity index (χ2n) is 5.04. The molecule has 1 aliphatic rings. The van der Waals surface area contributed by atoms with Crippen molar-refractivity contribution in [2.45, 2.75) is 18.9 Å². The normalized spacial score (nSPS) is 21.7. The third-order valence-electron chi connectivity index (χ3n) is 3.48. The molecule has 106 valence electrons. The third kappa shape index (κ3) is 2.53. The van der Waals surface area contributed by atoms with E-state index in [1.54, 1.807) is 0 Å². The summed E-state index contributed by atoms with van der Waals surface area (Å²) in [4.78, 5) is 12.2. The predicted molar refractivity (Wildman–Crippen MR) is 75.2 cm³/mol. The van der Waals surface area contributed by atoms with Gasteiger partial charge in [0.25, 0.3) is 5.91 Å². The number of carbonyl (C=O) groups is 1. The topological polar surface area (TPSA) is 91.9 Å². The molecule has 0 saturated carbocycles. The van der Waals surface area contributed by atoms with Crippen LogP contribution in [0.1, 0.15) is 23.3 Å². The lowest BCUT2D eigenvalue weighted by Crippen LogP contribution is -2.43. The van der Waals surface area contributed by atoms with Crippen molar-refractivity contribution in [2.24, 2.45) is 0 Å². The number of rotatable bonds is 2. The second-order valence-corrected chi connectivity index (χ2v) is 7.27. The molecule has 2 heterocycles. The number of para-hydroxylation sites is 1. The van der Waals surface area contributed by atoms with Gasteiger partial charge in [0.05, 0.1) is 17.0 Å². The number of H-pyrrole nitrogens is 1. The monoisotopic (exact) mass is 293 g/mol. The smallest absolute Gasteiger partial charge is 0.272 e. The number of hydrogen-bond donors (Lipinski definition) is 2. The molecule has 2 aromatic rings. The molecule has 1 aromatic carbocycles. The molecule has 1 fully saturated rings. The van der Waals surface area contributed by atoms with Crippen LogP contribution in [0.5, 0.6) is 0 Å². The summed E-state index contributed by atoms with van der Waals surface area (Å²) in [5.74, 6) is -0.101. The van der Waals surface area contributed by atoms with Gasteiger partial charge in [-0.25, -0.2) is 8.42 Å². The molecule has 1 amide bonds. The van der Waals surface area contributed by atoms with Gasteiger partial charge in [0.15, 0.2) is 15.5 Å². The Hall–Kier alpha value is -1.89. The van der Waals surface area contributed by atoms with Crippen LogP contribution in [0.3, 0.4) is 0 Å². The van der Waals surface area contributed by atoms with Crippen molar-refractivity contribution in [3.05, 3.63) is 30.0 Å². The molecule has 1 aromatic heterocycles. The molecule has 0 bridgehead atoms. The number of fused-ring (bicyclic) bond motifs is 1. The number of aromatic nitrogens is 2. The summed E-state index contributed by atoms with van der Waals surface area (Å²) in [6.45, 7) is 0. The quantitative estimate of drug-likeness (QED) is 0.859. The summed E-state index contributed by atoms with van der Waals surface area (Å²) in [6.07, 6.45) is 1.28. The molecule has 1 aliphatic heterocycles. The third-order valence-corrected chi connectivity index (χ3v) is 5.30. The zero-order chi connectivity index (χ0) is 14.2. The highest BCUT2D eigenvalue weighted by atomic mass is 32.2. The average Bonchev–Trinajstić information content (AvgIpc) is 2.81. The van der Waals surface area contributed by atoms with Crippen LogP contribution >= 0.6 is 0 Å². The van der Waals surface area contributed by atoms with E-state index >= 15 is 0 Å². The maximum Gasteiger partial charge on any atom is 0.272 e. The minimum absolute atomic E-state index is 0.0150. The molecular formula is C13H15N3O3S. The summed E-state index contributed by atoms with van der Waals surface area (Å²) in [5, 5.41) is 10.3. The maximum atomic E-state index is 12.2. The Balaban J connectivity index is 1.80. The molecule has 0 radical (unpaired) electrons. The minimum atomic E-state index is -3.03. The Morgan fingerprint density at radius 3 is 2.95 bits per heavy atom. The van der Waals surface area contributed by atoms with Gasteiger partial charge in [-0.3, -0.25) is 9.89 Å². The first-order valence-corrected chi connectivity index (χ1v) is 8.32. The van der Waals surface area contributed by atoms with Crippen molar-refractivity contribution in [1.29, 1.82) is 0 Å². The van der Waals surface area contributed by atoms with Gasteiger partial charge in [-0.05, 0) is 18.9 Å². The minimum Gasteiger partial charge on any atom is -0.347 e. The standard InChI is InChI=1S/C13H15N3O3S/c17-13(14-9-4-3-7-20(18,19)8-9)12-10-5-1-2-6-11(10)15-16-12/h1-2,5-6,9H,3-4,7-8H2,(H,14,17)(H,15,16). The second kappa shape index (κ2) is 4.90. The van der Waals surface area contributed by atoms with E-state index in [4.69, 9.17) is 0 Å². The molecular weight excluding hydrogens is 278 g/mol. The van der Waals surface area contributed by atoms with E-state index in [9.17, 15) is 13.2 Å². The molecule has 7 heteroatoms. The molecule has 20 heavy (non-hydrogen) atoms. The zero-order valence-electron chi connectivity index (χ0n) is 10.8. The van der Waals surface area contributed by atoms with Crippen molar-refractivity contribution in [3.8, 4) is 0 Å². The van der Waals surface area contributed by atoms with Crippen molar-refractivity contribution in [2.75, 3.05) is 11.5 Å². The molecule has 6 nitrogen and oxygen atoms in total. The lowest BCUT2D eigenvalue weighted by Gasteiger charge is -2.22. The Morgan fingerprint density at radius 2 is 2.15 bits per heavy atom. The Bertz CT molecular complexity index is 751. The van der Waals surface area contributed by atoms with Crippen LogP contribution < -0.4 is 5.32 Å². The first-order chi connectivity index (χ1) is 9.55. The number of hydrogen-bond acceptors (Lipinski definition) is 4. The van der Waals surface area contributed by atoms with E-state index in [2.05, 4.69) is 15.5 Å². The first-order valence-electron chi connectivity index (χ1n) is 6.49. The zero-order valence-corrected chi connectivity index (χ0v) is 11.6. The number of nitrogens with one attached hydrogen (secondary N) is 2. The lowest BCUT2D eigenvalue weighted by atomic mass is 10.1. The van der Waals surface area contributed by atoms with Gasteiger partial charge < -0.3 is 5.32 Å². The Kier molecular flexibility index (Phi) is 3.21. The summed E-state index contributed by atoms with van der Waals surface area (Å²) in [7, 11) is -3.03. The van der Waals surface area contributed by atoms with Crippen molar-refractivity contribution < 1.29 is 13.2 Å². The Labute approximate surface area is 116 Å². The number of benzene rings is 1. The number of amides is 1. The number of aromatic amines is 1. The highest BCUT2D eigenvalue weighted by Gasteiger charge is 2.27. The average molecular weight is 293 g/mol. The van der Waals surface area contributed by atoms with Crippen molar-refractivity contribution >= 4 is 26.6 Å². The summed E-state index contributed by atoms with van der Waals surface area (Å²) >= 11 is 0. The maximum absolute atomic E-state index is 12.2. The fourth-order valence-electron chi connectivity index (χ4n) is 2.53. The van der Waals surface area contributed by atoms with Crippen LogP contribution in [-0.2, 0) is 9.84 Å². The molecule has 0 aliphatic carbocycles. The van der Waals surface area contributed by atoms with Crippen LogP contribution in [0.15, 0.2) is 24.3 Å². The highest BCUT2D eigenvalue weighted by Crippen LogP contribution is 2.17. The van der Waals surface area contributed by atoms with Gasteiger partial charge in [0, 0.05) is 11.4 Å². The number of nitrogens with zero attached hydrogens (tertiary/aromatic N) is 1. The molecule has 1 unspecified atom stereocenters. The first kappa shape index (κ1) is 13.1. The number of carbonyl (C=O) groups excluding carboxylic acids is 1. The van der Waals surface area contributed by atoms with E-state index in [-0.39, 0.29) is 23.5 Å². The number of sulfone groups is 1. The van der Waals surface area contributed by atoms with Crippen molar-refractivity contribution in [3.63, 3.8) is 0 Å². The fraction of sp³-hybridized carbons (Fsp3) is 0.385. The van der Waals surface area contributed by atoms with E-state index < -0.39 is 9.84 Å². The van der Waals surface area contributed by atoms with Crippen LogP contribution in [0.2, 0.25) is 0 Å². The van der Waals surface area contributed by atoms with E-state index in [0.717, 1.165) is 10.9 Å². The van der Waals surface area contributed by atoms with Crippen LogP contribution in [-0.4, -0.2) is 42.1 Å². The SMILES string of the molecule is O=C(NC1CCCS(=O)(=O)C1)c1n[nH]c2ccccc12. The van der Waals surface area contributed by atoms with Gasteiger partial charge in [0.1, 0.15) is 0 Å². The van der Waals surface area contributed by atoms with E-state index in [1.807, 2.05) is 24.3 Å². The lowest BCUT2D eigenvalue weighted by molar-refractivity contribution is 0.0935. The van der Waals surface area contributed by atoms with Gasteiger partial charge in [0.2, 0.25) is 0 Å². The Morgan fingerprint density at radius 1 is 1.35 bits per heavy atom. The van der Waals surface area contributed by atoms with Gasteiger partial charge in [-0.15, -0.1) is 0 Å². The van der Waals surface area contributed by atoms with Gasteiger partial charge >= 0.3 is 0 Å². The van der Waals surface area contributed by atoms with Gasteiger partial charge in [-0.2, -0.15) is 5.10 Å². The molecule has 1 atom stereocenters. The highest BCUT2D eigenvalue weighted by molar-refractivity contribution is 7.91. The van der Waals surface area contributed by atoms with Crippen molar-refractivity contribution in [1.82, 2.24) is 15.5 Å². The molecule has 1 saturated heterocycles. The van der Waals surface area contributed by atoms with E-state index in [0.29, 0.717) is 18.5 Å². The summed E-state index contributed by atoms with van der Waals surface area (Å²) < 4.78 is 23.1. The van der Waals surface area contributed by atoms with Crippen LogP contribution in [0.25, 0.3) is 10.9 Å².